The molecule has 1 atom stereocenters. The van der Waals surface area contributed by atoms with Crippen LogP contribution in [0.2, 0.25) is 0 Å². The molecule has 1 fully saturated rings. The summed E-state index contributed by atoms with van der Waals surface area (Å²) in [6.45, 7) is 0.487. The summed E-state index contributed by atoms with van der Waals surface area (Å²) >= 11 is 0. The Hall–Kier alpha value is -2.02. The summed E-state index contributed by atoms with van der Waals surface area (Å²) in [7, 11) is 0. The van der Waals surface area contributed by atoms with Crippen LogP contribution in [-0.2, 0) is 9.53 Å². The molecule has 0 aliphatic carbocycles. The van der Waals surface area contributed by atoms with Crippen LogP contribution in [0.1, 0.15) is 23.2 Å². The molecular formula is C11H13N3O4. The van der Waals surface area contributed by atoms with E-state index in [1.54, 1.807) is 0 Å². The summed E-state index contributed by atoms with van der Waals surface area (Å²) in [5.74, 6) is -1.60. The number of hydrogen-bond donors (Lipinski definition) is 2. The number of rotatable bonds is 3. The summed E-state index contributed by atoms with van der Waals surface area (Å²) in [6.07, 6.45) is 4.91. The van der Waals surface area contributed by atoms with Crippen molar-refractivity contribution in [1.29, 1.82) is 0 Å². The first kappa shape index (κ1) is 12.4. The number of carboxylic acids is 1. The van der Waals surface area contributed by atoms with Gasteiger partial charge >= 0.3 is 5.97 Å². The van der Waals surface area contributed by atoms with Gasteiger partial charge in [-0.25, -0.2) is 14.8 Å². The van der Waals surface area contributed by atoms with Crippen molar-refractivity contribution in [3.8, 4) is 0 Å². The number of carbonyl (C=O) groups excluding carboxylic acids is 1. The lowest BCUT2D eigenvalue weighted by atomic mass is 9.92. The van der Waals surface area contributed by atoms with Crippen molar-refractivity contribution in [2.45, 2.75) is 18.4 Å². The Kier molecular flexibility index (Phi) is 3.52. The summed E-state index contributed by atoms with van der Waals surface area (Å²) in [4.78, 5) is 30.7. The van der Waals surface area contributed by atoms with E-state index in [0.29, 0.717) is 19.4 Å². The van der Waals surface area contributed by atoms with E-state index in [0.717, 1.165) is 0 Å². The van der Waals surface area contributed by atoms with E-state index in [1.165, 1.54) is 18.7 Å². The minimum absolute atomic E-state index is 0.0260. The molecule has 1 aliphatic rings. The first-order valence-electron chi connectivity index (χ1n) is 5.53. The van der Waals surface area contributed by atoms with Crippen LogP contribution in [-0.4, -0.2) is 45.7 Å². The first-order chi connectivity index (χ1) is 8.64. The number of aliphatic carboxylic acids is 1. The number of aromatic nitrogens is 2. The maximum absolute atomic E-state index is 11.9. The van der Waals surface area contributed by atoms with Crippen LogP contribution in [0, 0.1) is 0 Å². The van der Waals surface area contributed by atoms with Gasteiger partial charge in [0.2, 0.25) is 0 Å². The normalized spacial score (nSPS) is 23.3. The van der Waals surface area contributed by atoms with Crippen LogP contribution < -0.4 is 5.32 Å². The van der Waals surface area contributed by atoms with Gasteiger partial charge < -0.3 is 15.2 Å². The molecule has 1 aromatic heterocycles. The van der Waals surface area contributed by atoms with Gasteiger partial charge in [0, 0.05) is 19.0 Å². The molecule has 1 amide bonds. The lowest BCUT2D eigenvalue weighted by Gasteiger charge is -2.33. The van der Waals surface area contributed by atoms with Gasteiger partial charge in [-0.1, -0.05) is 0 Å². The lowest BCUT2D eigenvalue weighted by Crippen LogP contribution is -2.59. The van der Waals surface area contributed by atoms with Gasteiger partial charge in [0.1, 0.15) is 6.33 Å². The lowest BCUT2D eigenvalue weighted by molar-refractivity contribution is -0.150. The van der Waals surface area contributed by atoms with Crippen molar-refractivity contribution in [3.63, 3.8) is 0 Å². The third-order valence-corrected chi connectivity index (χ3v) is 2.83. The van der Waals surface area contributed by atoms with Gasteiger partial charge in [-0.05, 0) is 12.8 Å². The quantitative estimate of drug-likeness (QED) is 0.774. The van der Waals surface area contributed by atoms with Crippen LogP contribution in [0.3, 0.4) is 0 Å². The number of nitrogens with one attached hydrogen (secondary N) is 1. The molecular weight excluding hydrogens is 238 g/mol. The van der Waals surface area contributed by atoms with Crippen LogP contribution >= 0.6 is 0 Å². The molecule has 0 radical (unpaired) electrons. The van der Waals surface area contributed by atoms with Gasteiger partial charge in [-0.3, -0.25) is 4.79 Å². The summed E-state index contributed by atoms with van der Waals surface area (Å²) < 4.78 is 5.16. The second-order valence-corrected chi connectivity index (χ2v) is 4.12. The Bertz CT molecular complexity index is 443. The smallest absolute Gasteiger partial charge is 0.331 e. The number of carbonyl (C=O) groups is 2. The average molecular weight is 251 g/mol. The number of amides is 1. The van der Waals surface area contributed by atoms with Crippen LogP contribution in [0.5, 0.6) is 0 Å². The molecule has 0 bridgehead atoms. The molecule has 1 aliphatic heterocycles. The molecule has 7 heteroatoms. The molecule has 2 rings (SSSR count). The summed E-state index contributed by atoms with van der Waals surface area (Å²) in [5, 5.41) is 11.8. The minimum Gasteiger partial charge on any atom is -0.479 e. The Labute approximate surface area is 103 Å². The highest BCUT2D eigenvalue weighted by molar-refractivity contribution is 5.97. The zero-order chi connectivity index (χ0) is 13.0. The predicted octanol–water partition coefficient (Wildman–Crippen LogP) is -0.160. The van der Waals surface area contributed by atoms with Crippen LogP contribution in [0.25, 0.3) is 0 Å². The molecule has 1 saturated heterocycles. The highest BCUT2D eigenvalue weighted by Gasteiger charge is 2.42. The molecule has 0 spiro atoms. The topological polar surface area (TPSA) is 101 Å². The molecule has 0 saturated carbocycles. The minimum atomic E-state index is -1.36. The predicted molar refractivity (Wildman–Crippen MR) is 59.9 cm³/mol. The number of ether oxygens (including phenoxy) is 1. The van der Waals surface area contributed by atoms with Crippen molar-refractivity contribution in [2.75, 3.05) is 13.2 Å². The fourth-order valence-electron chi connectivity index (χ4n) is 1.82. The number of carboxylic acid groups (broad SMARTS) is 1. The average Bonchev–Trinajstić information content (AvgIpc) is 2.40. The molecule has 96 valence electrons. The van der Waals surface area contributed by atoms with E-state index < -0.39 is 17.4 Å². The van der Waals surface area contributed by atoms with Gasteiger partial charge in [0.25, 0.3) is 5.91 Å². The van der Waals surface area contributed by atoms with E-state index >= 15 is 0 Å². The molecule has 18 heavy (non-hydrogen) atoms. The monoisotopic (exact) mass is 251 g/mol. The maximum atomic E-state index is 11.9. The highest BCUT2D eigenvalue weighted by atomic mass is 16.5. The number of hydrogen-bond acceptors (Lipinski definition) is 5. The van der Waals surface area contributed by atoms with E-state index in [-0.39, 0.29) is 12.2 Å². The van der Waals surface area contributed by atoms with Gasteiger partial charge in [0.05, 0.1) is 12.2 Å². The fourth-order valence-corrected chi connectivity index (χ4v) is 1.82. The van der Waals surface area contributed by atoms with Crippen molar-refractivity contribution >= 4 is 11.9 Å². The molecule has 7 nitrogen and oxygen atoms in total. The Morgan fingerprint density at radius 1 is 1.39 bits per heavy atom. The molecule has 0 aromatic carbocycles. The largest absolute Gasteiger partial charge is 0.479 e. The molecule has 2 N–H and O–H groups in total. The van der Waals surface area contributed by atoms with E-state index in [2.05, 4.69) is 15.3 Å². The van der Waals surface area contributed by atoms with E-state index in [1.807, 2.05) is 0 Å². The Balaban J connectivity index is 2.15. The first-order valence-corrected chi connectivity index (χ1v) is 5.53. The van der Waals surface area contributed by atoms with Gasteiger partial charge in [0.15, 0.2) is 5.54 Å². The standard InChI is InChI=1S/C11H13N3O4/c15-9(8-4-12-7-13-5-8)14-11(10(16)17)2-1-3-18-6-11/h4-5,7H,1-3,6H2,(H,14,15)(H,16,17). The summed E-state index contributed by atoms with van der Waals surface area (Å²) in [6, 6.07) is 0. The van der Waals surface area contributed by atoms with E-state index in [9.17, 15) is 14.7 Å². The second-order valence-electron chi connectivity index (χ2n) is 4.12. The highest BCUT2D eigenvalue weighted by Crippen LogP contribution is 2.20. The maximum Gasteiger partial charge on any atom is 0.331 e. The Morgan fingerprint density at radius 3 is 2.67 bits per heavy atom. The zero-order valence-electron chi connectivity index (χ0n) is 9.63. The van der Waals surface area contributed by atoms with Crippen LogP contribution in [0.4, 0.5) is 0 Å². The van der Waals surface area contributed by atoms with Crippen molar-refractivity contribution in [3.05, 3.63) is 24.3 Å². The van der Waals surface area contributed by atoms with Gasteiger partial charge in [-0.15, -0.1) is 0 Å². The second kappa shape index (κ2) is 5.09. The molecule has 2 heterocycles. The van der Waals surface area contributed by atoms with E-state index in [4.69, 9.17) is 4.74 Å². The van der Waals surface area contributed by atoms with Gasteiger partial charge in [-0.2, -0.15) is 0 Å². The van der Waals surface area contributed by atoms with Crippen molar-refractivity contribution in [2.24, 2.45) is 0 Å². The van der Waals surface area contributed by atoms with Crippen molar-refractivity contribution < 1.29 is 19.4 Å². The Morgan fingerprint density at radius 2 is 2.11 bits per heavy atom. The zero-order valence-corrected chi connectivity index (χ0v) is 9.63. The summed E-state index contributed by atoms with van der Waals surface area (Å²) in [5.41, 5.74) is -1.13. The van der Waals surface area contributed by atoms with Crippen LogP contribution in [0.15, 0.2) is 18.7 Å². The van der Waals surface area contributed by atoms with Crippen molar-refractivity contribution in [1.82, 2.24) is 15.3 Å². The molecule has 1 unspecified atom stereocenters. The fraction of sp³-hybridized carbons (Fsp3) is 0.455. The SMILES string of the molecule is O=C(NC1(C(=O)O)CCCOC1)c1cncnc1. The third kappa shape index (κ3) is 2.45. The number of nitrogens with zero attached hydrogens (tertiary/aromatic N) is 2. The molecule has 1 aromatic rings. The third-order valence-electron chi connectivity index (χ3n) is 2.83.